The van der Waals surface area contributed by atoms with E-state index < -0.39 is 6.10 Å². The quantitative estimate of drug-likeness (QED) is 0.645. The SMILES string of the molecule is CN(C)C(=O)CNc1nc2nc(O[C@@H]3CO[C@H]4[C@@H]3OC[C@H]4O)[nH]c2cc1Cl. The van der Waals surface area contributed by atoms with Crippen LogP contribution in [0.15, 0.2) is 6.07 Å². The zero-order chi connectivity index (χ0) is 19.1. The first-order valence-electron chi connectivity index (χ1n) is 8.50. The second kappa shape index (κ2) is 7.12. The van der Waals surface area contributed by atoms with Crippen molar-refractivity contribution in [2.24, 2.45) is 0 Å². The molecule has 0 bridgehead atoms. The number of amides is 1. The highest BCUT2D eigenvalue weighted by Gasteiger charge is 2.48. The zero-order valence-corrected chi connectivity index (χ0v) is 15.6. The summed E-state index contributed by atoms with van der Waals surface area (Å²) in [6.45, 7) is 0.603. The van der Waals surface area contributed by atoms with Crippen molar-refractivity contribution in [2.75, 3.05) is 39.2 Å². The number of anilines is 1. The van der Waals surface area contributed by atoms with Gasteiger partial charge < -0.3 is 34.5 Å². The summed E-state index contributed by atoms with van der Waals surface area (Å²) in [6.07, 6.45) is -1.73. The minimum atomic E-state index is -0.641. The lowest BCUT2D eigenvalue weighted by atomic mass is 10.1. The Bertz CT molecular complexity index is 859. The molecule has 27 heavy (non-hydrogen) atoms. The van der Waals surface area contributed by atoms with E-state index in [0.717, 1.165) is 0 Å². The Balaban J connectivity index is 1.48. The lowest BCUT2D eigenvalue weighted by Gasteiger charge is -2.15. The number of nitrogens with zero attached hydrogens (tertiary/aromatic N) is 3. The Hall–Kier alpha value is -2.14. The van der Waals surface area contributed by atoms with Gasteiger partial charge in [-0.05, 0) is 6.07 Å². The number of pyridine rings is 1. The number of H-pyrrole nitrogens is 1. The zero-order valence-electron chi connectivity index (χ0n) is 14.8. The molecule has 146 valence electrons. The van der Waals surface area contributed by atoms with E-state index in [-0.39, 0.29) is 43.4 Å². The Morgan fingerprint density at radius 3 is 2.96 bits per heavy atom. The molecular weight excluding hydrogens is 378 g/mol. The lowest BCUT2D eigenvalue weighted by Crippen LogP contribution is -2.34. The standard InChI is InChI=1S/C16H20ClN5O5/c1-22(2)11(24)4-18-14-7(17)3-8-15(20-14)21-16(19-8)27-10-6-26-12-9(23)5-25-13(10)12/h3,9-10,12-13,23H,4-6H2,1-2H3,(H2,18,19,20,21)/t9-,10-,12-,13-/m1/s1. The van der Waals surface area contributed by atoms with Crippen molar-refractivity contribution in [2.45, 2.75) is 24.4 Å². The van der Waals surface area contributed by atoms with Gasteiger partial charge in [0.25, 0.3) is 6.01 Å². The van der Waals surface area contributed by atoms with Crippen LogP contribution >= 0.6 is 11.6 Å². The first-order chi connectivity index (χ1) is 12.9. The van der Waals surface area contributed by atoms with Gasteiger partial charge in [0.05, 0.1) is 30.3 Å². The summed E-state index contributed by atoms with van der Waals surface area (Å²) >= 11 is 6.23. The van der Waals surface area contributed by atoms with Crippen LogP contribution < -0.4 is 10.1 Å². The van der Waals surface area contributed by atoms with Crippen LogP contribution in [0.2, 0.25) is 5.02 Å². The van der Waals surface area contributed by atoms with Crippen LogP contribution in [-0.2, 0) is 14.3 Å². The van der Waals surface area contributed by atoms with E-state index in [0.29, 0.717) is 28.6 Å². The van der Waals surface area contributed by atoms with Crippen molar-refractivity contribution >= 4 is 34.5 Å². The Kier molecular flexibility index (Phi) is 4.81. The molecule has 2 aromatic rings. The molecule has 2 fully saturated rings. The van der Waals surface area contributed by atoms with E-state index >= 15 is 0 Å². The van der Waals surface area contributed by atoms with Crippen LogP contribution in [0, 0.1) is 0 Å². The third-order valence-electron chi connectivity index (χ3n) is 4.56. The fourth-order valence-corrected chi connectivity index (χ4v) is 3.30. The van der Waals surface area contributed by atoms with Crippen LogP contribution in [0.3, 0.4) is 0 Å². The third-order valence-corrected chi connectivity index (χ3v) is 4.84. The number of nitrogens with one attached hydrogen (secondary N) is 2. The van der Waals surface area contributed by atoms with Crippen molar-refractivity contribution in [1.29, 1.82) is 0 Å². The average Bonchev–Trinajstić information content (AvgIpc) is 3.30. The average molecular weight is 398 g/mol. The van der Waals surface area contributed by atoms with Crippen molar-refractivity contribution < 1.29 is 24.1 Å². The predicted octanol–water partition coefficient (Wildman–Crippen LogP) is 0.0173. The van der Waals surface area contributed by atoms with Gasteiger partial charge in [-0.1, -0.05) is 11.6 Å². The van der Waals surface area contributed by atoms with Gasteiger partial charge in [-0.15, -0.1) is 0 Å². The van der Waals surface area contributed by atoms with Crippen LogP contribution in [0.4, 0.5) is 5.82 Å². The summed E-state index contributed by atoms with van der Waals surface area (Å²) in [5.41, 5.74) is 0.999. The van der Waals surface area contributed by atoms with Crippen molar-refractivity contribution in [1.82, 2.24) is 19.9 Å². The second-order valence-corrected chi connectivity index (χ2v) is 7.10. The maximum absolute atomic E-state index is 11.7. The van der Waals surface area contributed by atoms with Crippen molar-refractivity contribution in [3.05, 3.63) is 11.1 Å². The molecule has 0 unspecified atom stereocenters. The first-order valence-corrected chi connectivity index (χ1v) is 8.88. The molecule has 0 aromatic carbocycles. The second-order valence-electron chi connectivity index (χ2n) is 6.69. The maximum Gasteiger partial charge on any atom is 0.296 e. The minimum Gasteiger partial charge on any atom is -0.456 e. The summed E-state index contributed by atoms with van der Waals surface area (Å²) in [7, 11) is 3.34. The molecule has 0 saturated carbocycles. The molecule has 4 atom stereocenters. The highest BCUT2D eigenvalue weighted by Crippen LogP contribution is 2.30. The van der Waals surface area contributed by atoms with E-state index in [2.05, 4.69) is 20.3 Å². The van der Waals surface area contributed by atoms with Gasteiger partial charge in [-0.3, -0.25) is 4.79 Å². The first kappa shape index (κ1) is 18.2. The number of ether oxygens (including phenoxy) is 3. The largest absolute Gasteiger partial charge is 0.456 e. The number of aliphatic hydroxyl groups excluding tert-OH is 1. The minimum absolute atomic E-state index is 0.0706. The van der Waals surface area contributed by atoms with Crippen molar-refractivity contribution in [3.63, 3.8) is 0 Å². The molecule has 10 nitrogen and oxygen atoms in total. The normalized spacial score (nSPS) is 27.0. The van der Waals surface area contributed by atoms with Gasteiger partial charge in [0.1, 0.15) is 24.1 Å². The lowest BCUT2D eigenvalue weighted by molar-refractivity contribution is -0.126. The molecule has 0 aliphatic carbocycles. The Morgan fingerprint density at radius 1 is 1.41 bits per heavy atom. The molecule has 0 spiro atoms. The molecule has 3 N–H and O–H groups in total. The Labute approximate surface area is 159 Å². The number of rotatable bonds is 5. The monoisotopic (exact) mass is 397 g/mol. The van der Waals surface area contributed by atoms with Gasteiger partial charge in [-0.25, -0.2) is 4.98 Å². The summed E-state index contributed by atoms with van der Waals surface area (Å²) in [5.74, 6) is 0.262. The predicted molar refractivity (Wildman–Crippen MR) is 96.0 cm³/mol. The summed E-state index contributed by atoms with van der Waals surface area (Å²) in [6, 6.07) is 1.92. The van der Waals surface area contributed by atoms with E-state index in [9.17, 15) is 9.90 Å². The molecule has 0 radical (unpaired) electrons. The molecule has 2 aliphatic heterocycles. The van der Waals surface area contributed by atoms with Crippen LogP contribution in [0.1, 0.15) is 0 Å². The van der Waals surface area contributed by atoms with E-state index in [1.165, 1.54) is 4.90 Å². The van der Waals surface area contributed by atoms with E-state index in [1.807, 2.05) is 0 Å². The van der Waals surface area contributed by atoms with Gasteiger partial charge in [0.2, 0.25) is 5.91 Å². The molecule has 1 amide bonds. The van der Waals surface area contributed by atoms with Gasteiger partial charge >= 0.3 is 0 Å². The number of aromatic nitrogens is 3. The smallest absolute Gasteiger partial charge is 0.296 e. The fraction of sp³-hybridized carbons (Fsp3) is 0.562. The van der Waals surface area contributed by atoms with Gasteiger partial charge in [-0.2, -0.15) is 4.98 Å². The topological polar surface area (TPSA) is 122 Å². The molecule has 4 rings (SSSR count). The third kappa shape index (κ3) is 3.53. The fourth-order valence-electron chi connectivity index (χ4n) is 3.08. The number of aromatic amines is 1. The van der Waals surface area contributed by atoms with Crippen LogP contribution in [0.25, 0.3) is 11.2 Å². The number of fused-ring (bicyclic) bond motifs is 2. The summed E-state index contributed by atoms with van der Waals surface area (Å²) in [4.78, 5) is 24.8. The van der Waals surface area contributed by atoms with Crippen LogP contribution in [0.5, 0.6) is 6.01 Å². The molecule has 2 saturated heterocycles. The molecule has 2 aromatic heterocycles. The number of carbonyl (C=O) groups is 1. The summed E-state index contributed by atoms with van der Waals surface area (Å²) < 4.78 is 16.9. The van der Waals surface area contributed by atoms with E-state index in [4.69, 9.17) is 25.8 Å². The van der Waals surface area contributed by atoms with Crippen LogP contribution in [-0.4, -0.2) is 89.1 Å². The molecule has 11 heteroatoms. The number of likely N-dealkylation sites (N-methyl/N-ethyl adjacent to an activating group) is 1. The number of carbonyl (C=O) groups excluding carboxylic acids is 1. The number of hydrogen-bond donors (Lipinski definition) is 3. The highest BCUT2D eigenvalue weighted by atomic mass is 35.5. The summed E-state index contributed by atoms with van der Waals surface area (Å²) in [5, 5.41) is 13.1. The van der Waals surface area contributed by atoms with Gasteiger partial charge in [0, 0.05) is 14.1 Å². The highest BCUT2D eigenvalue weighted by molar-refractivity contribution is 6.33. The number of aliphatic hydroxyl groups is 1. The van der Waals surface area contributed by atoms with E-state index in [1.54, 1.807) is 20.2 Å². The number of imidazole rings is 1. The van der Waals surface area contributed by atoms with Gasteiger partial charge in [0.15, 0.2) is 11.8 Å². The molecule has 4 heterocycles. The number of halogens is 1. The Morgan fingerprint density at radius 2 is 2.19 bits per heavy atom. The number of hydrogen-bond acceptors (Lipinski definition) is 8. The van der Waals surface area contributed by atoms with Crippen molar-refractivity contribution in [3.8, 4) is 6.01 Å². The molecule has 2 aliphatic rings. The maximum atomic E-state index is 11.7. The molecular formula is C16H20ClN5O5.